The summed E-state index contributed by atoms with van der Waals surface area (Å²) in [5.41, 5.74) is 13.5. The normalized spacial score (nSPS) is 10.6. The van der Waals surface area contributed by atoms with Gasteiger partial charge in [0.2, 0.25) is 5.91 Å². The molecule has 0 radical (unpaired) electrons. The molecule has 8 nitrogen and oxygen atoms in total. The van der Waals surface area contributed by atoms with E-state index in [2.05, 4.69) is 5.32 Å². The van der Waals surface area contributed by atoms with Crippen molar-refractivity contribution >= 4 is 35.0 Å². The van der Waals surface area contributed by atoms with Crippen molar-refractivity contribution in [1.82, 2.24) is 0 Å². The summed E-state index contributed by atoms with van der Waals surface area (Å²) in [5, 5.41) is 2.70. The number of hydrogen-bond acceptors (Lipinski definition) is 7. The molecule has 0 aliphatic rings. The number of nitrogen functional groups attached to an aromatic ring is 2. The average molecular weight is 399 g/mol. The summed E-state index contributed by atoms with van der Waals surface area (Å²) in [6, 6.07) is 10.1. The van der Waals surface area contributed by atoms with E-state index in [1.807, 2.05) is 0 Å². The summed E-state index contributed by atoms with van der Waals surface area (Å²) in [4.78, 5) is 23.8. The van der Waals surface area contributed by atoms with Gasteiger partial charge in [-0.05, 0) is 42.8 Å². The van der Waals surface area contributed by atoms with Crippen LogP contribution in [0.15, 0.2) is 42.5 Å². The molecule has 0 saturated heterocycles. The molecular weight excluding hydrogens is 374 g/mol. The van der Waals surface area contributed by atoms with Crippen molar-refractivity contribution < 1.29 is 23.8 Å². The molecule has 8 heteroatoms. The minimum absolute atomic E-state index is 0.119. The van der Waals surface area contributed by atoms with Crippen LogP contribution in [-0.2, 0) is 14.3 Å². The predicted molar refractivity (Wildman–Crippen MR) is 113 cm³/mol. The van der Waals surface area contributed by atoms with Gasteiger partial charge in [0.1, 0.15) is 11.5 Å². The first-order chi connectivity index (χ1) is 13.9. The highest BCUT2D eigenvalue weighted by atomic mass is 16.5. The predicted octanol–water partition coefficient (Wildman–Crippen LogP) is 2.84. The zero-order chi connectivity index (χ0) is 21.2. The lowest BCUT2D eigenvalue weighted by Crippen LogP contribution is -2.14. The summed E-state index contributed by atoms with van der Waals surface area (Å²) in [7, 11) is 3.10. The Kier molecular flexibility index (Phi) is 7.90. The minimum Gasteiger partial charge on any atom is -0.497 e. The highest BCUT2D eigenvalue weighted by molar-refractivity contribution is 5.94. The second-order valence-electron chi connectivity index (χ2n) is 6.11. The van der Waals surface area contributed by atoms with Crippen LogP contribution in [0.1, 0.15) is 18.4 Å². The summed E-state index contributed by atoms with van der Waals surface area (Å²) >= 11 is 0. The number of carbonyl (C=O) groups excluding carboxylic acids is 2. The molecule has 0 aliphatic heterocycles. The molecule has 1 amide bonds. The summed E-state index contributed by atoms with van der Waals surface area (Å²) in [6.07, 6.45) is 3.47. The SMILES string of the molecule is COc1ccc(/C=C/C(=O)OCCCC(=O)Nc2ccc(N)cc2N)c(OC)c1. The zero-order valence-electron chi connectivity index (χ0n) is 16.4. The van der Waals surface area contributed by atoms with Crippen LogP contribution in [0.3, 0.4) is 0 Å². The third-order valence-corrected chi connectivity index (χ3v) is 3.98. The van der Waals surface area contributed by atoms with Gasteiger partial charge in [-0.2, -0.15) is 0 Å². The van der Waals surface area contributed by atoms with E-state index in [9.17, 15) is 9.59 Å². The molecular formula is C21H25N3O5. The fourth-order valence-electron chi connectivity index (χ4n) is 2.48. The molecule has 0 spiro atoms. The third-order valence-electron chi connectivity index (χ3n) is 3.98. The van der Waals surface area contributed by atoms with Crippen molar-refractivity contribution in [3.05, 3.63) is 48.0 Å². The molecule has 0 saturated carbocycles. The van der Waals surface area contributed by atoms with Crippen LogP contribution in [0.4, 0.5) is 17.1 Å². The quantitative estimate of drug-likeness (QED) is 0.256. The Hall–Kier alpha value is -3.68. The Bertz CT molecular complexity index is 896. The Morgan fingerprint density at radius 2 is 1.86 bits per heavy atom. The molecule has 154 valence electrons. The van der Waals surface area contributed by atoms with Gasteiger partial charge in [-0.1, -0.05) is 0 Å². The Balaban J connectivity index is 1.75. The summed E-state index contributed by atoms with van der Waals surface area (Å²) in [6.45, 7) is 0.119. The van der Waals surface area contributed by atoms with E-state index in [0.29, 0.717) is 40.5 Å². The molecule has 0 aliphatic carbocycles. The van der Waals surface area contributed by atoms with Crippen LogP contribution >= 0.6 is 0 Å². The van der Waals surface area contributed by atoms with Gasteiger partial charge in [0.25, 0.3) is 0 Å². The first-order valence-electron chi connectivity index (χ1n) is 8.94. The van der Waals surface area contributed by atoms with Gasteiger partial charge in [0.15, 0.2) is 0 Å². The van der Waals surface area contributed by atoms with Crippen molar-refractivity contribution in [2.75, 3.05) is 37.6 Å². The summed E-state index contributed by atoms with van der Waals surface area (Å²) < 4.78 is 15.5. The van der Waals surface area contributed by atoms with Gasteiger partial charge < -0.3 is 31.0 Å². The Morgan fingerprint density at radius 3 is 2.55 bits per heavy atom. The fourth-order valence-corrected chi connectivity index (χ4v) is 2.48. The molecule has 5 N–H and O–H groups in total. The first kappa shape index (κ1) is 21.6. The molecule has 0 aromatic heterocycles. The second-order valence-corrected chi connectivity index (χ2v) is 6.11. The van der Waals surface area contributed by atoms with Gasteiger partial charge >= 0.3 is 5.97 Å². The van der Waals surface area contributed by atoms with Crippen LogP contribution in [0.2, 0.25) is 0 Å². The van der Waals surface area contributed by atoms with Gasteiger partial charge in [-0.15, -0.1) is 0 Å². The topological polar surface area (TPSA) is 126 Å². The third kappa shape index (κ3) is 6.76. The number of anilines is 3. The van der Waals surface area contributed by atoms with Gasteiger partial charge in [0, 0.05) is 29.8 Å². The standard InChI is InChI=1S/C21H25N3O5/c1-27-16-8-5-14(19(13-16)28-2)6-10-21(26)29-11-3-4-20(25)24-18-9-7-15(22)12-17(18)23/h5-10,12-13H,3-4,11,22-23H2,1-2H3,(H,24,25)/b10-6+. The second kappa shape index (κ2) is 10.6. The number of ether oxygens (including phenoxy) is 3. The van der Waals surface area contributed by atoms with Crippen LogP contribution in [0.5, 0.6) is 11.5 Å². The molecule has 2 aromatic rings. The van der Waals surface area contributed by atoms with Gasteiger partial charge in [0.05, 0.1) is 32.2 Å². The van der Waals surface area contributed by atoms with E-state index in [-0.39, 0.29) is 18.9 Å². The number of hydrogen-bond donors (Lipinski definition) is 3. The number of amides is 1. The van der Waals surface area contributed by atoms with E-state index >= 15 is 0 Å². The van der Waals surface area contributed by atoms with Crippen LogP contribution in [-0.4, -0.2) is 32.7 Å². The maximum Gasteiger partial charge on any atom is 0.330 e. The molecule has 0 fully saturated rings. The van der Waals surface area contributed by atoms with Crippen molar-refractivity contribution in [2.45, 2.75) is 12.8 Å². The lowest BCUT2D eigenvalue weighted by molar-refractivity contribution is -0.138. The largest absolute Gasteiger partial charge is 0.497 e. The van der Waals surface area contributed by atoms with Gasteiger partial charge in [-0.25, -0.2) is 4.79 Å². The maximum atomic E-state index is 12.0. The fraction of sp³-hybridized carbons (Fsp3) is 0.238. The molecule has 0 bridgehead atoms. The number of carbonyl (C=O) groups is 2. The molecule has 29 heavy (non-hydrogen) atoms. The highest BCUT2D eigenvalue weighted by Crippen LogP contribution is 2.25. The van der Waals surface area contributed by atoms with Crippen molar-refractivity contribution in [3.8, 4) is 11.5 Å². The number of nitrogens with two attached hydrogens (primary N) is 2. The first-order valence-corrected chi connectivity index (χ1v) is 8.94. The van der Waals surface area contributed by atoms with Crippen LogP contribution in [0, 0.1) is 0 Å². The number of nitrogens with one attached hydrogen (secondary N) is 1. The van der Waals surface area contributed by atoms with E-state index in [1.54, 1.807) is 49.6 Å². The van der Waals surface area contributed by atoms with Crippen molar-refractivity contribution in [1.29, 1.82) is 0 Å². The highest BCUT2D eigenvalue weighted by Gasteiger charge is 2.07. The van der Waals surface area contributed by atoms with E-state index in [1.165, 1.54) is 13.2 Å². The van der Waals surface area contributed by atoms with Crippen molar-refractivity contribution in [3.63, 3.8) is 0 Å². The molecule has 0 atom stereocenters. The number of esters is 1. The molecule has 0 unspecified atom stereocenters. The number of benzene rings is 2. The smallest absolute Gasteiger partial charge is 0.330 e. The molecule has 2 rings (SSSR count). The summed E-state index contributed by atoms with van der Waals surface area (Å²) in [5.74, 6) is 0.495. The van der Waals surface area contributed by atoms with Crippen LogP contribution < -0.4 is 26.3 Å². The Labute approximate surface area is 169 Å². The molecule has 0 heterocycles. The maximum absolute atomic E-state index is 12.0. The van der Waals surface area contributed by atoms with Crippen LogP contribution in [0.25, 0.3) is 6.08 Å². The van der Waals surface area contributed by atoms with Crippen molar-refractivity contribution in [2.24, 2.45) is 0 Å². The number of rotatable bonds is 9. The van der Waals surface area contributed by atoms with Gasteiger partial charge in [-0.3, -0.25) is 4.79 Å². The lowest BCUT2D eigenvalue weighted by Gasteiger charge is -2.09. The van der Waals surface area contributed by atoms with E-state index in [0.717, 1.165) is 0 Å². The minimum atomic E-state index is -0.508. The number of methoxy groups -OCH3 is 2. The zero-order valence-corrected chi connectivity index (χ0v) is 16.4. The molecule has 2 aromatic carbocycles. The Morgan fingerprint density at radius 1 is 1.07 bits per heavy atom. The lowest BCUT2D eigenvalue weighted by atomic mass is 10.2. The van der Waals surface area contributed by atoms with E-state index in [4.69, 9.17) is 25.7 Å². The average Bonchev–Trinajstić information content (AvgIpc) is 2.71. The monoisotopic (exact) mass is 399 g/mol. The van der Waals surface area contributed by atoms with E-state index < -0.39 is 5.97 Å².